The molecule has 2 amide bonds. The van der Waals surface area contributed by atoms with E-state index in [0.717, 1.165) is 17.8 Å². The maximum Gasteiger partial charge on any atom is 0.418 e. The topological polar surface area (TPSA) is 52.7 Å². The van der Waals surface area contributed by atoms with Crippen LogP contribution in [0, 0.1) is 0 Å². The highest BCUT2D eigenvalue weighted by molar-refractivity contribution is 6.39. The summed E-state index contributed by atoms with van der Waals surface area (Å²) in [6, 6.07) is 11.8. The van der Waals surface area contributed by atoms with Crippen LogP contribution in [0.1, 0.15) is 5.56 Å². The van der Waals surface area contributed by atoms with Gasteiger partial charge >= 0.3 is 18.0 Å². The molecule has 1 N–H and O–H groups in total. The number of anilines is 2. The molecular weight excluding hydrogens is 395 g/mol. The van der Waals surface area contributed by atoms with Gasteiger partial charge in [0.05, 0.1) is 11.3 Å². The maximum atomic E-state index is 13.0. The van der Waals surface area contributed by atoms with Crippen molar-refractivity contribution in [2.45, 2.75) is 6.18 Å². The standard InChI is InChI=1S/C19H17ClF3N3O2/c20-13-4-3-5-14(12-13)25-8-10-26(11-9-25)18(28)17(27)24-16-7-2-1-6-15(16)19(21,22)23/h1-7,12H,8-11H2,(H,24,27). The predicted molar refractivity (Wildman–Crippen MR) is 100 cm³/mol. The number of hydrogen-bond acceptors (Lipinski definition) is 3. The lowest BCUT2D eigenvalue weighted by Gasteiger charge is -2.35. The maximum absolute atomic E-state index is 13.0. The molecule has 2 aromatic carbocycles. The van der Waals surface area contributed by atoms with Crippen LogP contribution in [0.4, 0.5) is 24.5 Å². The first-order valence-corrected chi connectivity index (χ1v) is 8.90. The number of piperazine rings is 1. The van der Waals surface area contributed by atoms with Crippen molar-refractivity contribution in [3.05, 3.63) is 59.1 Å². The van der Waals surface area contributed by atoms with E-state index in [0.29, 0.717) is 18.1 Å². The second kappa shape index (κ2) is 8.10. The lowest BCUT2D eigenvalue weighted by Crippen LogP contribution is -2.51. The molecule has 0 radical (unpaired) electrons. The number of nitrogens with one attached hydrogen (secondary N) is 1. The minimum Gasteiger partial charge on any atom is -0.368 e. The summed E-state index contributed by atoms with van der Waals surface area (Å²) >= 11 is 5.98. The quantitative estimate of drug-likeness (QED) is 0.767. The molecule has 1 fully saturated rings. The third-order valence-electron chi connectivity index (χ3n) is 4.42. The molecule has 5 nitrogen and oxygen atoms in total. The van der Waals surface area contributed by atoms with Gasteiger partial charge in [-0.15, -0.1) is 0 Å². The number of carbonyl (C=O) groups is 2. The van der Waals surface area contributed by atoms with E-state index in [9.17, 15) is 22.8 Å². The number of carbonyl (C=O) groups excluding carboxylic acids is 2. The fourth-order valence-electron chi connectivity index (χ4n) is 3.00. The van der Waals surface area contributed by atoms with Crippen LogP contribution in [0.25, 0.3) is 0 Å². The van der Waals surface area contributed by atoms with Crippen molar-refractivity contribution in [2.75, 3.05) is 36.4 Å². The molecule has 3 rings (SSSR count). The Hall–Kier alpha value is -2.74. The number of nitrogens with zero attached hydrogens (tertiary/aromatic N) is 2. The number of rotatable bonds is 2. The van der Waals surface area contributed by atoms with E-state index in [2.05, 4.69) is 5.32 Å². The molecule has 0 spiro atoms. The van der Waals surface area contributed by atoms with Gasteiger partial charge in [0.2, 0.25) is 0 Å². The van der Waals surface area contributed by atoms with Gasteiger partial charge in [-0.25, -0.2) is 0 Å². The van der Waals surface area contributed by atoms with Gasteiger partial charge in [-0.3, -0.25) is 9.59 Å². The van der Waals surface area contributed by atoms with E-state index in [1.807, 2.05) is 17.0 Å². The molecule has 0 atom stereocenters. The molecule has 9 heteroatoms. The summed E-state index contributed by atoms with van der Waals surface area (Å²) in [4.78, 5) is 27.9. The van der Waals surface area contributed by atoms with Gasteiger partial charge in [0.15, 0.2) is 0 Å². The fraction of sp³-hybridized carbons (Fsp3) is 0.263. The Morgan fingerprint density at radius 2 is 1.64 bits per heavy atom. The highest BCUT2D eigenvalue weighted by Gasteiger charge is 2.34. The molecule has 0 saturated carbocycles. The van der Waals surface area contributed by atoms with Gasteiger partial charge in [-0.05, 0) is 30.3 Å². The van der Waals surface area contributed by atoms with E-state index in [1.165, 1.54) is 17.0 Å². The summed E-state index contributed by atoms with van der Waals surface area (Å²) in [7, 11) is 0. The second-order valence-electron chi connectivity index (χ2n) is 6.26. The van der Waals surface area contributed by atoms with Gasteiger partial charge in [0, 0.05) is 36.9 Å². The van der Waals surface area contributed by atoms with Gasteiger partial charge in [0.1, 0.15) is 0 Å². The SMILES string of the molecule is O=C(Nc1ccccc1C(F)(F)F)C(=O)N1CCN(c2cccc(Cl)c2)CC1. The Morgan fingerprint density at radius 1 is 0.964 bits per heavy atom. The summed E-state index contributed by atoms with van der Waals surface area (Å²) < 4.78 is 39.1. The Kier molecular flexibility index (Phi) is 5.79. The molecular formula is C19H17ClF3N3O2. The van der Waals surface area contributed by atoms with Crippen LogP contribution in [0.5, 0.6) is 0 Å². The molecule has 1 saturated heterocycles. The third-order valence-corrected chi connectivity index (χ3v) is 4.65. The highest BCUT2D eigenvalue weighted by atomic mass is 35.5. The third kappa shape index (κ3) is 4.56. The van der Waals surface area contributed by atoms with E-state index in [4.69, 9.17) is 11.6 Å². The molecule has 2 aromatic rings. The number of halogens is 4. The largest absolute Gasteiger partial charge is 0.418 e. The van der Waals surface area contributed by atoms with Crippen LogP contribution in [0.2, 0.25) is 5.02 Å². The number of benzene rings is 2. The van der Waals surface area contributed by atoms with Crippen molar-refractivity contribution < 1.29 is 22.8 Å². The predicted octanol–water partition coefficient (Wildman–Crippen LogP) is 3.65. The van der Waals surface area contributed by atoms with Crippen LogP contribution in [-0.4, -0.2) is 42.9 Å². The molecule has 1 aliphatic heterocycles. The number of alkyl halides is 3. The van der Waals surface area contributed by atoms with Crippen LogP contribution >= 0.6 is 11.6 Å². The summed E-state index contributed by atoms with van der Waals surface area (Å²) in [5, 5.41) is 2.68. The van der Waals surface area contributed by atoms with E-state index in [1.54, 1.807) is 12.1 Å². The number of para-hydroxylation sites is 1. The first-order valence-electron chi connectivity index (χ1n) is 8.53. The Morgan fingerprint density at radius 3 is 2.29 bits per heavy atom. The van der Waals surface area contributed by atoms with Gasteiger partial charge in [-0.1, -0.05) is 29.8 Å². The smallest absolute Gasteiger partial charge is 0.368 e. The summed E-state index contributed by atoms with van der Waals surface area (Å²) in [6.07, 6.45) is -4.63. The van der Waals surface area contributed by atoms with E-state index >= 15 is 0 Å². The molecule has 28 heavy (non-hydrogen) atoms. The lowest BCUT2D eigenvalue weighted by atomic mass is 10.1. The zero-order chi connectivity index (χ0) is 20.3. The Labute approximate surface area is 164 Å². The first kappa shape index (κ1) is 20.0. The Balaban J connectivity index is 1.62. The summed E-state index contributed by atoms with van der Waals surface area (Å²) in [5.74, 6) is -1.95. The molecule has 0 aliphatic carbocycles. The normalized spacial score (nSPS) is 14.7. The zero-order valence-corrected chi connectivity index (χ0v) is 15.4. The molecule has 0 aromatic heterocycles. The van der Waals surface area contributed by atoms with E-state index in [-0.39, 0.29) is 13.1 Å². The van der Waals surface area contributed by atoms with Crippen molar-refractivity contribution in [1.82, 2.24) is 4.90 Å². The summed E-state index contributed by atoms with van der Waals surface area (Å²) in [6.45, 7) is 1.52. The number of hydrogen-bond donors (Lipinski definition) is 1. The van der Waals surface area contributed by atoms with Gasteiger partial charge < -0.3 is 15.1 Å². The van der Waals surface area contributed by atoms with Gasteiger partial charge in [-0.2, -0.15) is 13.2 Å². The molecule has 0 unspecified atom stereocenters. The molecule has 0 bridgehead atoms. The van der Waals surface area contributed by atoms with Crippen LogP contribution in [-0.2, 0) is 15.8 Å². The molecule has 1 heterocycles. The number of amides is 2. The van der Waals surface area contributed by atoms with Crippen molar-refractivity contribution >= 4 is 34.8 Å². The van der Waals surface area contributed by atoms with Crippen molar-refractivity contribution in [2.24, 2.45) is 0 Å². The highest BCUT2D eigenvalue weighted by Crippen LogP contribution is 2.34. The molecule has 148 valence electrons. The Bertz CT molecular complexity index is 881. The second-order valence-corrected chi connectivity index (χ2v) is 6.69. The lowest BCUT2D eigenvalue weighted by molar-refractivity contribution is -0.143. The van der Waals surface area contributed by atoms with Gasteiger partial charge in [0.25, 0.3) is 0 Å². The average molecular weight is 412 g/mol. The van der Waals surface area contributed by atoms with Crippen LogP contribution < -0.4 is 10.2 Å². The monoisotopic (exact) mass is 411 g/mol. The van der Waals surface area contributed by atoms with Crippen molar-refractivity contribution in [3.63, 3.8) is 0 Å². The summed E-state index contributed by atoms with van der Waals surface area (Å²) in [5.41, 5.74) is -0.531. The zero-order valence-electron chi connectivity index (χ0n) is 14.7. The van der Waals surface area contributed by atoms with Crippen LogP contribution in [0.3, 0.4) is 0 Å². The first-order chi connectivity index (χ1) is 13.3. The minimum atomic E-state index is -4.63. The fourth-order valence-corrected chi connectivity index (χ4v) is 3.18. The molecule has 1 aliphatic rings. The van der Waals surface area contributed by atoms with Crippen molar-refractivity contribution in [1.29, 1.82) is 0 Å². The van der Waals surface area contributed by atoms with Crippen molar-refractivity contribution in [3.8, 4) is 0 Å². The minimum absolute atomic E-state index is 0.277. The average Bonchev–Trinajstić information content (AvgIpc) is 2.67. The van der Waals surface area contributed by atoms with E-state index < -0.39 is 29.2 Å². The van der Waals surface area contributed by atoms with Crippen LogP contribution in [0.15, 0.2) is 48.5 Å².